The average Bonchev–Trinajstić information content (AvgIpc) is 2.90. The molecule has 0 atom stereocenters. The minimum Gasteiger partial charge on any atom is -0.274 e. The molecule has 0 amide bonds. The molecule has 22 heavy (non-hydrogen) atoms. The number of halogens is 3. The highest BCUT2D eigenvalue weighted by Crippen LogP contribution is 2.24. The van der Waals surface area contributed by atoms with Crippen LogP contribution in [0.1, 0.15) is 10.5 Å². The fourth-order valence-corrected chi connectivity index (χ4v) is 2.76. The zero-order chi connectivity index (χ0) is 15.7. The summed E-state index contributed by atoms with van der Waals surface area (Å²) < 4.78 is 2.06. The van der Waals surface area contributed by atoms with Crippen molar-refractivity contribution >= 4 is 44.4 Å². The smallest absolute Gasteiger partial charge is 0.271 e. The number of rotatable bonds is 3. The summed E-state index contributed by atoms with van der Waals surface area (Å²) in [4.78, 5) is 11.4. The van der Waals surface area contributed by atoms with Crippen molar-refractivity contribution in [1.29, 1.82) is 0 Å². The fourth-order valence-electron chi connectivity index (χ4n) is 2.13. The van der Waals surface area contributed by atoms with Crippen LogP contribution in [0.2, 0.25) is 5.02 Å². The van der Waals surface area contributed by atoms with Gasteiger partial charge in [0.2, 0.25) is 0 Å². The van der Waals surface area contributed by atoms with Gasteiger partial charge in [0.15, 0.2) is 0 Å². The van der Waals surface area contributed by atoms with Gasteiger partial charge >= 0.3 is 0 Å². The lowest BCUT2D eigenvalue weighted by molar-refractivity contribution is 0.107. The van der Waals surface area contributed by atoms with Crippen LogP contribution in [0.15, 0.2) is 59.2 Å². The monoisotopic (exact) mass is 394 g/mol. The topological polar surface area (TPSA) is 34.9 Å². The molecule has 0 saturated carbocycles. The SMILES string of the molecule is O=C(Cl)c1cc(Br)nn1-c1ccc(-c2ccc(Cl)cc2)cc1. The van der Waals surface area contributed by atoms with E-state index in [4.69, 9.17) is 23.2 Å². The summed E-state index contributed by atoms with van der Waals surface area (Å²) in [6.45, 7) is 0. The Morgan fingerprint density at radius 2 is 1.55 bits per heavy atom. The number of carbonyl (C=O) groups is 1. The maximum atomic E-state index is 11.4. The quantitative estimate of drug-likeness (QED) is 0.561. The molecular weight excluding hydrogens is 387 g/mol. The van der Waals surface area contributed by atoms with E-state index in [0.717, 1.165) is 16.8 Å². The van der Waals surface area contributed by atoms with Crippen molar-refractivity contribution in [3.05, 3.63) is 69.9 Å². The summed E-state index contributed by atoms with van der Waals surface area (Å²) in [7, 11) is 0. The van der Waals surface area contributed by atoms with E-state index in [1.54, 1.807) is 6.07 Å². The van der Waals surface area contributed by atoms with E-state index < -0.39 is 5.24 Å². The third-order valence-electron chi connectivity index (χ3n) is 3.17. The van der Waals surface area contributed by atoms with E-state index in [1.165, 1.54) is 4.68 Å². The highest BCUT2D eigenvalue weighted by molar-refractivity contribution is 9.10. The normalized spacial score (nSPS) is 10.7. The zero-order valence-electron chi connectivity index (χ0n) is 11.1. The Morgan fingerprint density at radius 3 is 2.09 bits per heavy atom. The van der Waals surface area contributed by atoms with Crippen LogP contribution in [-0.2, 0) is 0 Å². The van der Waals surface area contributed by atoms with E-state index >= 15 is 0 Å². The highest BCUT2D eigenvalue weighted by Gasteiger charge is 2.13. The molecule has 0 unspecified atom stereocenters. The molecule has 0 aliphatic rings. The Balaban J connectivity index is 1.98. The first-order valence-electron chi connectivity index (χ1n) is 6.36. The minimum atomic E-state index is -0.556. The third kappa shape index (κ3) is 3.09. The van der Waals surface area contributed by atoms with Crippen molar-refractivity contribution in [3.8, 4) is 16.8 Å². The van der Waals surface area contributed by atoms with Gasteiger partial charge in [-0.2, -0.15) is 5.10 Å². The first-order valence-corrected chi connectivity index (χ1v) is 7.91. The van der Waals surface area contributed by atoms with Gasteiger partial charge in [0, 0.05) is 11.1 Å². The Labute approximate surface area is 145 Å². The van der Waals surface area contributed by atoms with Crippen LogP contribution < -0.4 is 0 Å². The van der Waals surface area contributed by atoms with Crippen molar-refractivity contribution in [3.63, 3.8) is 0 Å². The molecule has 1 heterocycles. The molecule has 0 spiro atoms. The maximum absolute atomic E-state index is 11.4. The lowest BCUT2D eigenvalue weighted by Crippen LogP contribution is -2.04. The molecule has 6 heteroatoms. The summed E-state index contributed by atoms with van der Waals surface area (Å²) in [5, 5.41) is 4.37. The van der Waals surface area contributed by atoms with Gasteiger partial charge in [-0.1, -0.05) is 35.9 Å². The molecule has 0 radical (unpaired) electrons. The molecule has 1 aromatic heterocycles. The second-order valence-electron chi connectivity index (χ2n) is 4.59. The molecule has 110 valence electrons. The Hall–Kier alpha value is -1.62. The number of benzene rings is 2. The summed E-state index contributed by atoms with van der Waals surface area (Å²) in [6.07, 6.45) is 0. The zero-order valence-corrected chi connectivity index (χ0v) is 14.2. The number of aromatic nitrogens is 2. The van der Waals surface area contributed by atoms with Crippen LogP contribution in [0, 0.1) is 0 Å². The van der Waals surface area contributed by atoms with Crippen LogP contribution in [0.3, 0.4) is 0 Å². The summed E-state index contributed by atoms with van der Waals surface area (Å²) in [5.41, 5.74) is 3.18. The van der Waals surface area contributed by atoms with Gasteiger partial charge in [0.25, 0.3) is 5.24 Å². The van der Waals surface area contributed by atoms with Crippen LogP contribution in [0.5, 0.6) is 0 Å². The van der Waals surface area contributed by atoms with E-state index in [0.29, 0.717) is 15.3 Å². The van der Waals surface area contributed by atoms with Gasteiger partial charge in [-0.3, -0.25) is 4.79 Å². The van der Waals surface area contributed by atoms with E-state index in [-0.39, 0.29) is 0 Å². The van der Waals surface area contributed by atoms with Gasteiger partial charge in [-0.25, -0.2) is 4.68 Å². The van der Waals surface area contributed by atoms with Crippen molar-refractivity contribution < 1.29 is 4.79 Å². The third-order valence-corrected chi connectivity index (χ3v) is 4.00. The minimum absolute atomic E-state index is 0.313. The first-order chi connectivity index (χ1) is 10.5. The second-order valence-corrected chi connectivity index (χ2v) is 6.18. The molecule has 0 saturated heterocycles. The van der Waals surface area contributed by atoms with E-state index in [2.05, 4.69) is 21.0 Å². The predicted octanol–water partition coefficient (Wildman–Crippen LogP) is 5.33. The lowest BCUT2D eigenvalue weighted by atomic mass is 10.1. The number of nitrogens with zero attached hydrogens (tertiary/aromatic N) is 2. The fraction of sp³-hybridized carbons (Fsp3) is 0. The number of hydrogen-bond donors (Lipinski definition) is 0. The molecule has 2 aromatic carbocycles. The van der Waals surface area contributed by atoms with Crippen molar-refractivity contribution in [2.24, 2.45) is 0 Å². The number of hydrogen-bond acceptors (Lipinski definition) is 2. The largest absolute Gasteiger partial charge is 0.274 e. The molecule has 0 fully saturated rings. The van der Waals surface area contributed by atoms with Gasteiger partial charge in [0.05, 0.1) is 5.69 Å². The van der Waals surface area contributed by atoms with Gasteiger partial charge in [0.1, 0.15) is 10.3 Å². The Bertz CT molecular complexity index is 826. The first kappa shape index (κ1) is 15.3. The Kier molecular flexibility index (Phi) is 4.34. The molecule has 0 bridgehead atoms. The van der Waals surface area contributed by atoms with Crippen LogP contribution in [0.25, 0.3) is 16.8 Å². The van der Waals surface area contributed by atoms with Crippen LogP contribution >= 0.6 is 39.1 Å². The Morgan fingerprint density at radius 1 is 1.00 bits per heavy atom. The molecular formula is C16H9BrCl2N2O. The van der Waals surface area contributed by atoms with Crippen molar-refractivity contribution in [2.45, 2.75) is 0 Å². The molecule has 0 N–H and O–H groups in total. The molecule has 0 aliphatic heterocycles. The summed E-state index contributed by atoms with van der Waals surface area (Å²) >= 11 is 14.7. The van der Waals surface area contributed by atoms with E-state index in [1.807, 2.05) is 48.5 Å². The number of carbonyl (C=O) groups excluding carboxylic acids is 1. The molecule has 0 aliphatic carbocycles. The van der Waals surface area contributed by atoms with E-state index in [9.17, 15) is 4.79 Å². The standard InChI is InChI=1S/C16H9BrCl2N2O/c17-15-9-14(16(19)22)21(20-15)13-7-3-11(4-8-13)10-1-5-12(18)6-2-10/h1-9H. The molecule has 3 rings (SSSR count). The van der Waals surface area contributed by atoms with Crippen LogP contribution in [0.4, 0.5) is 0 Å². The van der Waals surface area contributed by atoms with Crippen molar-refractivity contribution in [2.75, 3.05) is 0 Å². The molecule has 3 nitrogen and oxygen atoms in total. The molecule has 3 aromatic rings. The van der Waals surface area contributed by atoms with Gasteiger partial charge < -0.3 is 0 Å². The summed E-state index contributed by atoms with van der Waals surface area (Å²) in [6, 6.07) is 16.9. The van der Waals surface area contributed by atoms with Gasteiger partial charge in [-0.15, -0.1) is 0 Å². The summed E-state index contributed by atoms with van der Waals surface area (Å²) in [5.74, 6) is 0. The second kappa shape index (κ2) is 6.24. The highest BCUT2D eigenvalue weighted by atomic mass is 79.9. The predicted molar refractivity (Wildman–Crippen MR) is 91.9 cm³/mol. The van der Waals surface area contributed by atoms with Crippen LogP contribution in [-0.4, -0.2) is 15.0 Å². The van der Waals surface area contributed by atoms with Crippen molar-refractivity contribution in [1.82, 2.24) is 9.78 Å². The van der Waals surface area contributed by atoms with Gasteiger partial charge in [-0.05, 0) is 62.9 Å². The maximum Gasteiger partial charge on any atom is 0.271 e. The average molecular weight is 396 g/mol. The lowest BCUT2D eigenvalue weighted by Gasteiger charge is -2.07.